The molecule has 0 radical (unpaired) electrons. The average molecular weight is 557 g/mol. The number of aromatic nitrogens is 3. The molecular weight excluding hydrogens is 524 g/mol. The van der Waals surface area contributed by atoms with E-state index >= 15 is 0 Å². The molecule has 2 aliphatic rings. The predicted molar refractivity (Wildman–Crippen MR) is 175 cm³/mol. The Morgan fingerprint density at radius 3 is 1.23 bits per heavy atom. The number of para-hydroxylation sites is 2. The van der Waals surface area contributed by atoms with Crippen molar-refractivity contribution in [2.45, 2.75) is 38.5 Å². The fourth-order valence-corrected chi connectivity index (χ4v) is 6.95. The third-order valence-electron chi connectivity index (χ3n) is 9.27. The van der Waals surface area contributed by atoms with Crippen LogP contribution in [0.1, 0.15) is 49.9 Å². The van der Waals surface area contributed by atoms with Crippen molar-refractivity contribution in [1.82, 2.24) is 15.0 Å². The molecule has 6 aromatic rings. The summed E-state index contributed by atoms with van der Waals surface area (Å²) in [6.45, 7) is 9.37. The number of hydrogen-bond acceptors (Lipinski definition) is 4. The molecule has 2 aliphatic heterocycles. The smallest absolute Gasteiger partial charge is 0.164 e. The van der Waals surface area contributed by atoms with Gasteiger partial charge in [0.15, 0.2) is 17.5 Å². The Bertz CT molecular complexity index is 1890. The summed E-state index contributed by atoms with van der Waals surface area (Å²) in [6, 6.07) is 42.7. The Kier molecular flexibility index (Phi) is 5.48. The van der Waals surface area contributed by atoms with Crippen LogP contribution in [0.4, 0.5) is 17.1 Å². The zero-order valence-corrected chi connectivity index (χ0v) is 24.8. The van der Waals surface area contributed by atoms with E-state index in [4.69, 9.17) is 15.0 Å². The molecule has 0 aliphatic carbocycles. The highest BCUT2D eigenvalue weighted by molar-refractivity contribution is 5.94. The molecule has 0 unspecified atom stereocenters. The average Bonchev–Trinajstić information content (AvgIpc) is 3.05. The van der Waals surface area contributed by atoms with Crippen LogP contribution < -0.4 is 4.90 Å². The molecule has 43 heavy (non-hydrogen) atoms. The molecule has 0 saturated carbocycles. The first-order valence-electron chi connectivity index (χ1n) is 14.9. The van der Waals surface area contributed by atoms with Crippen LogP contribution in [0.25, 0.3) is 34.2 Å². The van der Waals surface area contributed by atoms with Crippen LogP contribution in [-0.2, 0) is 10.8 Å². The summed E-state index contributed by atoms with van der Waals surface area (Å²) in [7, 11) is 0. The van der Waals surface area contributed by atoms with Crippen LogP contribution in [-0.4, -0.2) is 15.0 Å². The summed E-state index contributed by atoms with van der Waals surface area (Å²) < 4.78 is 0. The van der Waals surface area contributed by atoms with Gasteiger partial charge in [0, 0.05) is 27.5 Å². The first-order chi connectivity index (χ1) is 20.8. The molecule has 5 aromatic carbocycles. The molecule has 0 saturated heterocycles. The largest absolute Gasteiger partial charge is 0.309 e. The zero-order valence-electron chi connectivity index (χ0n) is 24.8. The van der Waals surface area contributed by atoms with Crippen molar-refractivity contribution in [3.8, 4) is 34.2 Å². The first kappa shape index (κ1) is 25.6. The van der Waals surface area contributed by atoms with Crippen LogP contribution in [0.15, 0.2) is 121 Å². The normalized spacial score (nSPS) is 15.3. The van der Waals surface area contributed by atoms with Crippen molar-refractivity contribution in [2.75, 3.05) is 4.90 Å². The molecule has 1 aromatic heterocycles. The Morgan fingerprint density at radius 2 is 0.791 bits per heavy atom. The molecule has 0 spiro atoms. The van der Waals surface area contributed by atoms with E-state index in [1.54, 1.807) is 0 Å². The van der Waals surface area contributed by atoms with Crippen LogP contribution in [0.3, 0.4) is 0 Å². The number of benzene rings is 5. The molecule has 0 amide bonds. The summed E-state index contributed by atoms with van der Waals surface area (Å²) >= 11 is 0. The second-order valence-electron chi connectivity index (χ2n) is 12.6. The lowest BCUT2D eigenvalue weighted by molar-refractivity contribution is 0.597. The van der Waals surface area contributed by atoms with Gasteiger partial charge in [-0.25, -0.2) is 15.0 Å². The number of fused-ring (bicyclic) bond motifs is 4. The molecule has 8 rings (SSSR count). The van der Waals surface area contributed by atoms with E-state index in [2.05, 4.69) is 118 Å². The second kappa shape index (κ2) is 9.20. The maximum absolute atomic E-state index is 5.11. The number of nitrogens with zero attached hydrogens (tertiary/aromatic N) is 4. The zero-order chi connectivity index (χ0) is 29.3. The lowest BCUT2D eigenvalue weighted by Gasteiger charge is -2.49. The van der Waals surface area contributed by atoms with Gasteiger partial charge in [-0.3, -0.25) is 0 Å². The van der Waals surface area contributed by atoms with Crippen molar-refractivity contribution in [3.05, 3.63) is 144 Å². The maximum atomic E-state index is 5.11. The van der Waals surface area contributed by atoms with Gasteiger partial charge in [-0.1, -0.05) is 125 Å². The van der Waals surface area contributed by atoms with Gasteiger partial charge in [0.2, 0.25) is 0 Å². The van der Waals surface area contributed by atoms with E-state index < -0.39 is 0 Å². The highest BCUT2D eigenvalue weighted by Gasteiger charge is 2.45. The van der Waals surface area contributed by atoms with Crippen molar-refractivity contribution >= 4 is 17.1 Å². The summed E-state index contributed by atoms with van der Waals surface area (Å²) in [4.78, 5) is 17.6. The third kappa shape index (κ3) is 3.79. The number of rotatable bonds is 3. The number of anilines is 3. The topological polar surface area (TPSA) is 41.9 Å². The SMILES string of the molecule is CC1(C)c2ccccc2N2c3ccccc3C(C)(C)c3cc(-c4nc(-c5ccccc5)nc(-c5ccccc5)n4)cc1c32. The highest BCUT2D eigenvalue weighted by Crippen LogP contribution is 2.60. The second-order valence-corrected chi connectivity index (χ2v) is 12.6. The Hall–Kier alpha value is -5.09. The molecule has 0 atom stereocenters. The quantitative estimate of drug-likeness (QED) is 0.218. The van der Waals surface area contributed by atoms with E-state index in [9.17, 15) is 0 Å². The van der Waals surface area contributed by atoms with Gasteiger partial charge in [0.1, 0.15) is 0 Å². The van der Waals surface area contributed by atoms with E-state index in [0.29, 0.717) is 17.5 Å². The van der Waals surface area contributed by atoms with Crippen molar-refractivity contribution in [3.63, 3.8) is 0 Å². The van der Waals surface area contributed by atoms with Gasteiger partial charge in [-0.15, -0.1) is 0 Å². The van der Waals surface area contributed by atoms with Crippen LogP contribution in [0, 0.1) is 0 Å². The van der Waals surface area contributed by atoms with Gasteiger partial charge in [-0.05, 0) is 46.5 Å². The Morgan fingerprint density at radius 1 is 0.419 bits per heavy atom. The van der Waals surface area contributed by atoms with Crippen LogP contribution in [0.5, 0.6) is 0 Å². The minimum Gasteiger partial charge on any atom is -0.309 e. The van der Waals surface area contributed by atoms with Crippen LogP contribution >= 0.6 is 0 Å². The Labute approximate surface area is 252 Å². The van der Waals surface area contributed by atoms with Crippen molar-refractivity contribution < 1.29 is 0 Å². The fraction of sp³-hybridized carbons (Fsp3) is 0.154. The molecule has 0 N–H and O–H groups in total. The van der Waals surface area contributed by atoms with Gasteiger partial charge in [0.05, 0.1) is 17.1 Å². The molecule has 4 nitrogen and oxygen atoms in total. The minimum absolute atomic E-state index is 0.229. The van der Waals surface area contributed by atoms with E-state index in [1.165, 1.54) is 39.3 Å². The Balaban J connectivity index is 1.43. The van der Waals surface area contributed by atoms with E-state index in [-0.39, 0.29) is 10.8 Å². The van der Waals surface area contributed by atoms with Crippen LogP contribution in [0.2, 0.25) is 0 Å². The molecule has 0 bridgehead atoms. The lowest BCUT2D eigenvalue weighted by atomic mass is 9.66. The summed E-state index contributed by atoms with van der Waals surface area (Å²) in [5.41, 5.74) is 11.4. The van der Waals surface area contributed by atoms with Gasteiger partial charge >= 0.3 is 0 Å². The molecule has 0 fully saturated rings. The summed E-state index contributed by atoms with van der Waals surface area (Å²) in [5, 5.41) is 0. The summed E-state index contributed by atoms with van der Waals surface area (Å²) in [6.07, 6.45) is 0. The lowest BCUT2D eigenvalue weighted by Crippen LogP contribution is -2.38. The highest BCUT2D eigenvalue weighted by atomic mass is 15.2. The molecule has 3 heterocycles. The minimum atomic E-state index is -0.229. The monoisotopic (exact) mass is 556 g/mol. The number of hydrogen-bond donors (Lipinski definition) is 0. The molecule has 4 heteroatoms. The van der Waals surface area contributed by atoms with E-state index in [0.717, 1.165) is 16.7 Å². The summed E-state index contributed by atoms with van der Waals surface area (Å²) in [5.74, 6) is 2.03. The standard InChI is InChI=1S/C39H32N4/c1-38(2)28-19-11-13-21-32(28)43-33-22-14-12-20-29(33)39(3,4)31-24-27(23-30(38)34(31)43)37-41-35(25-15-7-5-8-16-25)40-36(42-37)26-17-9-6-10-18-26/h5-24H,1-4H3. The third-order valence-corrected chi connectivity index (χ3v) is 9.27. The maximum Gasteiger partial charge on any atom is 0.164 e. The van der Waals surface area contributed by atoms with Crippen molar-refractivity contribution in [1.29, 1.82) is 0 Å². The predicted octanol–water partition coefficient (Wildman–Crippen LogP) is 9.62. The first-order valence-corrected chi connectivity index (χ1v) is 14.9. The van der Waals surface area contributed by atoms with Crippen molar-refractivity contribution in [2.24, 2.45) is 0 Å². The van der Waals surface area contributed by atoms with Gasteiger partial charge in [0.25, 0.3) is 0 Å². The molecular formula is C39H32N4. The van der Waals surface area contributed by atoms with Gasteiger partial charge < -0.3 is 4.90 Å². The van der Waals surface area contributed by atoms with Gasteiger partial charge in [-0.2, -0.15) is 0 Å². The fourth-order valence-electron chi connectivity index (χ4n) is 6.95. The van der Waals surface area contributed by atoms with E-state index in [1.807, 2.05) is 36.4 Å². The molecule has 208 valence electrons.